The number of nitrogens with two attached hydrogens (primary N) is 1. The van der Waals surface area contributed by atoms with Gasteiger partial charge in [0.1, 0.15) is 18.4 Å². The van der Waals surface area contributed by atoms with Gasteiger partial charge in [0.25, 0.3) is 0 Å². The summed E-state index contributed by atoms with van der Waals surface area (Å²) in [5.74, 6) is 0.209. The Kier molecular flexibility index (Phi) is 7.04. The van der Waals surface area contributed by atoms with Gasteiger partial charge in [0.05, 0.1) is 6.61 Å². The summed E-state index contributed by atoms with van der Waals surface area (Å²) in [7, 11) is 0. The predicted molar refractivity (Wildman–Crippen MR) is 76.4 cm³/mol. The third-order valence-corrected chi connectivity index (χ3v) is 2.62. The first-order valence-corrected chi connectivity index (χ1v) is 6.77. The molecule has 3 N–H and O–H groups in total. The molecule has 0 aliphatic carbocycles. The van der Waals surface area contributed by atoms with Crippen molar-refractivity contribution in [3.05, 3.63) is 29.8 Å². The Morgan fingerprint density at radius 2 is 1.90 bits per heavy atom. The maximum Gasteiger partial charge on any atom is 0.323 e. The van der Waals surface area contributed by atoms with Gasteiger partial charge in [-0.05, 0) is 30.0 Å². The van der Waals surface area contributed by atoms with Crippen LogP contribution in [-0.4, -0.2) is 36.9 Å². The maximum atomic E-state index is 11.7. The van der Waals surface area contributed by atoms with Crippen molar-refractivity contribution in [3.8, 4) is 5.75 Å². The SMILES string of the molecule is CC(C)COCCOC(=O)[C@H](N)Cc1ccc(O)cc1. The molecular weight excluding hydrogens is 258 g/mol. The van der Waals surface area contributed by atoms with Crippen molar-refractivity contribution in [2.45, 2.75) is 26.3 Å². The van der Waals surface area contributed by atoms with E-state index in [1.807, 2.05) is 0 Å². The third kappa shape index (κ3) is 6.54. The van der Waals surface area contributed by atoms with Crippen LogP contribution in [0.1, 0.15) is 19.4 Å². The number of hydrogen-bond donors (Lipinski definition) is 2. The summed E-state index contributed by atoms with van der Waals surface area (Å²) < 4.78 is 10.4. The highest BCUT2D eigenvalue weighted by molar-refractivity contribution is 5.75. The molecule has 0 unspecified atom stereocenters. The summed E-state index contributed by atoms with van der Waals surface area (Å²) >= 11 is 0. The van der Waals surface area contributed by atoms with Gasteiger partial charge in [0, 0.05) is 6.61 Å². The van der Waals surface area contributed by atoms with E-state index in [9.17, 15) is 4.79 Å². The van der Waals surface area contributed by atoms with E-state index in [0.717, 1.165) is 5.56 Å². The second kappa shape index (κ2) is 8.55. The molecule has 0 aliphatic heterocycles. The molecule has 0 bridgehead atoms. The first-order valence-electron chi connectivity index (χ1n) is 6.77. The number of phenolic OH excluding ortho intramolecular Hbond substituents is 1. The first kappa shape index (κ1) is 16.5. The molecule has 0 fully saturated rings. The summed E-state index contributed by atoms with van der Waals surface area (Å²) in [4.78, 5) is 11.7. The fraction of sp³-hybridized carbons (Fsp3) is 0.533. The predicted octanol–water partition coefficient (Wildman–Crippen LogP) is 1.48. The standard InChI is InChI=1S/C15H23NO4/c1-11(2)10-19-7-8-20-15(18)14(16)9-12-3-5-13(17)6-4-12/h3-6,11,14,17H,7-10,16H2,1-2H3/t14-/m1/s1. The van der Waals surface area contributed by atoms with Gasteiger partial charge in [0.15, 0.2) is 0 Å². The molecule has 5 heteroatoms. The van der Waals surface area contributed by atoms with Crippen molar-refractivity contribution in [2.24, 2.45) is 11.7 Å². The van der Waals surface area contributed by atoms with Crippen LogP contribution >= 0.6 is 0 Å². The van der Waals surface area contributed by atoms with Crippen molar-refractivity contribution in [3.63, 3.8) is 0 Å². The zero-order valence-electron chi connectivity index (χ0n) is 12.0. The third-order valence-electron chi connectivity index (χ3n) is 2.62. The highest BCUT2D eigenvalue weighted by Crippen LogP contribution is 2.11. The number of esters is 1. The van der Waals surface area contributed by atoms with E-state index in [0.29, 0.717) is 25.6 Å². The average Bonchev–Trinajstić information content (AvgIpc) is 2.40. The zero-order chi connectivity index (χ0) is 15.0. The molecule has 0 radical (unpaired) electrons. The number of benzene rings is 1. The van der Waals surface area contributed by atoms with Crippen molar-refractivity contribution in [1.82, 2.24) is 0 Å². The molecule has 20 heavy (non-hydrogen) atoms. The molecule has 1 aromatic carbocycles. The molecule has 0 saturated heterocycles. The van der Waals surface area contributed by atoms with Crippen LogP contribution in [0.3, 0.4) is 0 Å². The number of rotatable bonds is 8. The fourth-order valence-electron chi connectivity index (χ4n) is 1.60. The van der Waals surface area contributed by atoms with Gasteiger partial charge in [-0.25, -0.2) is 0 Å². The second-order valence-electron chi connectivity index (χ2n) is 5.11. The molecule has 0 aromatic heterocycles. The lowest BCUT2D eigenvalue weighted by Crippen LogP contribution is -2.35. The topological polar surface area (TPSA) is 81.8 Å². The van der Waals surface area contributed by atoms with Gasteiger partial charge < -0.3 is 20.3 Å². The van der Waals surface area contributed by atoms with Crippen molar-refractivity contribution in [1.29, 1.82) is 0 Å². The number of phenols is 1. The lowest BCUT2D eigenvalue weighted by molar-refractivity contribution is -0.146. The summed E-state index contributed by atoms with van der Waals surface area (Å²) in [5.41, 5.74) is 6.65. The molecule has 5 nitrogen and oxygen atoms in total. The van der Waals surface area contributed by atoms with Crippen LogP contribution in [0.2, 0.25) is 0 Å². The first-order chi connectivity index (χ1) is 9.49. The van der Waals surface area contributed by atoms with Crippen LogP contribution in [0, 0.1) is 5.92 Å². The number of carbonyl (C=O) groups is 1. The van der Waals surface area contributed by atoms with Crippen LogP contribution in [0.4, 0.5) is 0 Å². The quantitative estimate of drug-likeness (QED) is 0.557. The number of carbonyl (C=O) groups excluding carboxylic acids is 1. The summed E-state index contributed by atoms with van der Waals surface area (Å²) in [6.07, 6.45) is 0.381. The van der Waals surface area contributed by atoms with Gasteiger partial charge in [-0.15, -0.1) is 0 Å². The molecule has 0 aliphatic rings. The van der Waals surface area contributed by atoms with E-state index >= 15 is 0 Å². The summed E-state index contributed by atoms with van der Waals surface area (Å²) in [6.45, 7) is 5.36. The molecule has 1 aromatic rings. The van der Waals surface area contributed by atoms with Crippen LogP contribution < -0.4 is 5.73 Å². The average molecular weight is 281 g/mol. The van der Waals surface area contributed by atoms with Crippen LogP contribution in [0.5, 0.6) is 5.75 Å². The van der Waals surface area contributed by atoms with Gasteiger partial charge in [-0.1, -0.05) is 26.0 Å². The molecule has 0 saturated carbocycles. The molecule has 112 valence electrons. The van der Waals surface area contributed by atoms with Gasteiger partial charge in [-0.2, -0.15) is 0 Å². The molecule has 1 rings (SSSR count). The summed E-state index contributed by atoms with van der Waals surface area (Å²) in [5, 5.41) is 9.17. The highest BCUT2D eigenvalue weighted by Gasteiger charge is 2.15. The number of ether oxygens (including phenoxy) is 2. The second-order valence-corrected chi connectivity index (χ2v) is 5.11. The Morgan fingerprint density at radius 1 is 1.25 bits per heavy atom. The van der Waals surface area contributed by atoms with E-state index in [2.05, 4.69) is 13.8 Å². The Balaban J connectivity index is 2.23. The van der Waals surface area contributed by atoms with E-state index < -0.39 is 12.0 Å². The number of aromatic hydroxyl groups is 1. The Morgan fingerprint density at radius 3 is 2.50 bits per heavy atom. The minimum Gasteiger partial charge on any atom is -0.508 e. The highest BCUT2D eigenvalue weighted by atomic mass is 16.6. The van der Waals surface area contributed by atoms with Crippen LogP contribution in [0.15, 0.2) is 24.3 Å². The van der Waals surface area contributed by atoms with Gasteiger partial charge >= 0.3 is 5.97 Å². The maximum absolute atomic E-state index is 11.7. The lowest BCUT2D eigenvalue weighted by atomic mass is 10.1. The Bertz CT molecular complexity index is 403. The van der Waals surface area contributed by atoms with Crippen molar-refractivity contribution >= 4 is 5.97 Å². The molecular formula is C15H23NO4. The van der Waals surface area contributed by atoms with E-state index in [4.69, 9.17) is 20.3 Å². The largest absolute Gasteiger partial charge is 0.508 e. The Labute approximate surface area is 119 Å². The fourth-order valence-corrected chi connectivity index (χ4v) is 1.60. The van der Waals surface area contributed by atoms with Gasteiger partial charge in [-0.3, -0.25) is 4.79 Å². The van der Waals surface area contributed by atoms with E-state index in [-0.39, 0.29) is 12.4 Å². The molecule has 1 atom stereocenters. The normalized spacial score (nSPS) is 12.4. The monoisotopic (exact) mass is 281 g/mol. The minimum absolute atomic E-state index is 0.187. The summed E-state index contributed by atoms with van der Waals surface area (Å²) in [6, 6.07) is 5.88. The smallest absolute Gasteiger partial charge is 0.323 e. The van der Waals surface area contributed by atoms with Crippen LogP contribution in [0.25, 0.3) is 0 Å². The van der Waals surface area contributed by atoms with E-state index in [1.54, 1.807) is 24.3 Å². The van der Waals surface area contributed by atoms with Crippen molar-refractivity contribution in [2.75, 3.05) is 19.8 Å². The number of hydrogen-bond acceptors (Lipinski definition) is 5. The van der Waals surface area contributed by atoms with Crippen LogP contribution in [-0.2, 0) is 20.7 Å². The van der Waals surface area contributed by atoms with E-state index in [1.165, 1.54) is 0 Å². The lowest BCUT2D eigenvalue weighted by Gasteiger charge is -2.12. The molecule has 0 heterocycles. The minimum atomic E-state index is -0.704. The molecule has 0 amide bonds. The zero-order valence-corrected chi connectivity index (χ0v) is 12.0. The Hall–Kier alpha value is -1.59. The van der Waals surface area contributed by atoms with Crippen molar-refractivity contribution < 1.29 is 19.4 Å². The van der Waals surface area contributed by atoms with Gasteiger partial charge in [0.2, 0.25) is 0 Å². The molecule has 0 spiro atoms.